The van der Waals surface area contributed by atoms with Crippen LogP contribution in [0.2, 0.25) is 48.2 Å². The van der Waals surface area contributed by atoms with Crippen molar-refractivity contribution in [2.45, 2.75) is 179 Å². The van der Waals surface area contributed by atoms with Crippen molar-refractivity contribution >= 4 is 44.8 Å². The summed E-state index contributed by atoms with van der Waals surface area (Å²) in [7, 11) is -1.60. The Hall–Kier alpha value is 0.554. The molecule has 0 fully saturated rings. The van der Waals surface area contributed by atoms with Crippen LogP contribution < -0.4 is 0 Å². The van der Waals surface area contributed by atoms with Gasteiger partial charge in [0.05, 0.1) is 0 Å². The van der Waals surface area contributed by atoms with Crippen LogP contribution in [0, 0.1) is 17.4 Å². The van der Waals surface area contributed by atoms with E-state index in [9.17, 15) is 5.11 Å². The van der Waals surface area contributed by atoms with Crippen molar-refractivity contribution in [2.75, 3.05) is 0 Å². The molecule has 0 amide bonds. The van der Waals surface area contributed by atoms with E-state index >= 15 is 0 Å². The Morgan fingerprint density at radius 1 is 0.605 bits per heavy atom. The van der Waals surface area contributed by atoms with Crippen LogP contribution in [-0.4, -0.2) is 56.0 Å². The van der Waals surface area contributed by atoms with Gasteiger partial charge in [-0.25, -0.2) is 0 Å². The molecule has 0 spiro atoms. The molecule has 0 aliphatic heterocycles. The van der Waals surface area contributed by atoms with Crippen LogP contribution in [0.1, 0.15) is 124 Å². The van der Waals surface area contributed by atoms with Gasteiger partial charge in [0, 0.05) is 0 Å². The zero-order valence-corrected chi connectivity index (χ0v) is 37.2. The zero-order chi connectivity index (χ0) is 32.2. The Bertz CT molecular complexity index is 808. The first kappa shape index (κ1) is 41.6. The normalized spacial score (nSPS) is 14.0. The van der Waals surface area contributed by atoms with Crippen molar-refractivity contribution < 1.29 is 5.11 Å². The van der Waals surface area contributed by atoms with Gasteiger partial charge in [-0.3, -0.25) is 0 Å². The molecule has 248 valence electrons. The SMILES string of the molecule is CCC[CH2][Sn]([CH2]CCC)([CH2]CCC)[CH]([C@@H](Cc1ccccc1)[C@H](O)C#C[Si](C)(C)C)[Sn]([CH2]CCC)([CH2]CCC)[CH2]CCC. The fraction of sp³-hybridized carbons (Fsp3) is 0.795. The van der Waals surface area contributed by atoms with Gasteiger partial charge in [0.15, 0.2) is 0 Å². The van der Waals surface area contributed by atoms with Crippen LogP contribution in [0.25, 0.3) is 0 Å². The van der Waals surface area contributed by atoms with Crippen LogP contribution in [0.4, 0.5) is 0 Å². The molecule has 0 saturated heterocycles. The molecule has 0 bridgehead atoms. The number of rotatable bonds is 24. The quantitative estimate of drug-likeness (QED) is 0.0813. The van der Waals surface area contributed by atoms with Gasteiger partial charge < -0.3 is 0 Å². The molecule has 2 atom stereocenters. The molecule has 0 aliphatic rings. The second-order valence-corrected chi connectivity index (χ2v) is 52.3. The standard InChI is InChI=1S/C15H20OSi.6C4H9.2Sn/c1-13(12-14-8-6-5-7-9-14)15(16)10-11-17(2,3)4;6*1-3-4-2;;/h1,5-9,13,15-16H,12H2,2-4H3;6*1,3-4H2,2H3;;/t13-,15+;;;;;;;;/m0......../s1. The van der Waals surface area contributed by atoms with Crippen molar-refractivity contribution in [3.63, 3.8) is 0 Å². The molecular formula is C39H74OSiSn2. The molecule has 43 heavy (non-hydrogen) atoms. The maximum absolute atomic E-state index is 12.5. The van der Waals surface area contributed by atoms with E-state index in [1.54, 1.807) is 26.6 Å². The number of unbranched alkanes of at least 4 members (excludes halogenated alkanes) is 6. The minimum atomic E-state index is -2.82. The van der Waals surface area contributed by atoms with Crippen molar-refractivity contribution in [3.05, 3.63) is 35.9 Å². The van der Waals surface area contributed by atoms with E-state index in [0.29, 0.717) is 5.92 Å². The van der Waals surface area contributed by atoms with Crippen molar-refractivity contribution in [1.29, 1.82) is 0 Å². The Morgan fingerprint density at radius 3 is 1.26 bits per heavy atom. The third-order valence-electron chi connectivity index (χ3n) is 10.2. The second kappa shape index (κ2) is 23.0. The van der Waals surface area contributed by atoms with Gasteiger partial charge in [0.25, 0.3) is 0 Å². The molecule has 0 aliphatic carbocycles. The number of benzene rings is 1. The molecule has 0 radical (unpaired) electrons. The summed E-state index contributed by atoms with van der Waals surface area (Å²) in [6.45, 7) is 21.6. The monoisotopic (exact) mass is 826 g/mol. The molecule has 0 aromatic heterocycles. The Kier molecular flexibility index (Phi) is 22.2. The predicted octanol–water partition coefficient (Wildman–Crippen LogP) is 12.7. The summed E-state index contributed by atoms with van der Waals surface area (Å²) in [4.78, 5) is 0. The molecule has 1 rings (SSSR count). The summed E-state index contributed by atoms with van der Waals surface area (Å²) < 4.78 is 10.3. The topological polar surface area (TPSA) is 20.2 Å². The second-order valence-electron chi connectivity index (χ2n) is 15.1. The van der Waals surface area contributed by atoms with Crippen molar-refractivity contribution in [1.82, 2.24) is 0 Å². The van der Waals surface area contributed by atoms with Gasteiger partial charge in [-0.05, 0) is 0 Å². The number of hydrogen-bond donors (Lipinski definition) is 1. The molecule has 4 heteroatoms. The average Bonchev–Trinajstić information content (AvgIpc) is 3.00. The number of aliphatic hydroxyl groups excluding tert-OH is 1. The molecule has 1 N–H and O–H groups in total. The first-order chi connectivity index (χ1) is 20.6. The third kappa shape index (κ3) is 14.9. The molecule has 0 saturated carbocycles. The van der Waals surface area contributed by atoms with E-state index in [1.165, 1.54) is 82.6 Å². The van der Waals surface area contributed by atoms with Gasteiger partial charge in [0.1, 0.15) is 0 Å². The summed E-state index contributed by atoms with van der Waals surface area (Å²) in [5.41, 5.74) is 5.13. The summed E-state index contributed by atoms with van der Waals surface area (Å²) in [5, 5.41) is 12.5. The van der Waals surface area contributed by atoms with Crippen LogP contribution >= 0.6 is 0 Å². The average molecular weight is 825 g/mol. The van der Waals surface area contributed by atoms with E-state index < -0.39 is 50.9 Å². The van der Waals surface area contributed by atoms with Crippen LogP contribution in [0.5, 0.6) is 0 Å². The predicted molar refractivity (Wildman–Crippen MR) is 204 cm³/mol. The molecular weight excluding hydrogens is 750 g/mol. The zero-order valence-electron chi connectivity index (χ0n) is 30.5. The third-order valence-corrected chi connectivity index (χ3v) is 67.7. The van der Waals surface area contributed by atoms with Gasteiger partial charge in [-0.2, -0.15) is 0 Å². The van der Waals surface area contributed by atoms with E-state index in [0.717, 1.165) is 8.37 Å². The van der Waals surface area contributed by atoms with Crippen LogP contribution in [-0.2, 0) is 6.42 Å². The molecule has 1 nitrogen and oxygen atoms in total. The van der Waals surface area contributed by atoms with E-state index in [4.69, 9.17) is 0 Å². The number of hydrogen-bond acceptors (Lipinski definition) is 1. The van der Waals surface area contributed by atoms with Gasteiger partial charge in [-0.15, -0.1) is 0 Å². The summed E-state index contributed by atoms with van der Waals surface area (Å²) in [6.07, 6.45) is 17.1. The fourth-order valence-corrected chi connectivity index (χ4v) is 88.5. The van der Waals surface area contributed by atoms with Gasteiger partial charge in [0.2, 0.25) is 0 Å². The van der Waals surface area contributed by atoms with E-state index in [-0.39, 0.29) is 0 Å². The maximum atomic E-state index is 12.5. The van der Waals surface area contributed by atoms with Crippen molar-refractivity contribution in [3.8, 4) is 11.5 Å². The van der Waals surface area contributed by atoms with E-state index in [1.807, 2.05) is 0 Å². The van der Waals surface area contributed by atoms with Crippen LogP contribution in [0.3, 0.4) is 0 Å². The molecule has 1 aromatic carbocycles. The Balaban J connectivity index is 4.21. The first-order valence-corrected chi connectivity index (χ1v) is 37.7. The molecule has 0 unspecified atom stereocenters. The summed E-state index contributed by atoms with van der Waals surface area (Å²) in [5.74, 6) is 3.98. The summed E-state index contributed by atoms with van der Waals surface area (Å²) >= 11 is -5.65. The fourth-order valence-electron chi connectivity index (χ4n) is 8.11. The molecule has 0 heterocycles. The molecule has 1 aromatic rings. The van der Waals surface area contributed by atoms with Crippen LogP contribution in [0.15, 0.2) is 30.3 Å². The Morgan fingerprint density at radius 2 is 0.953 bits per heavy atom. The van der Waals surface area contributed by atoms with E-state index in [2.05, 4.69) is 103 Å². The van der Waals surface area contributed by atoms with Gasteiger partial charge >= 0.3 is 283 Å². The minimum absolute atomic E-state index is 0.342. The van der Waals surface area contributed by atoms with Crippen molar-refractivity contribution in [2.24, 2.45) is 5.92 Å². The summed E-state index contributed by atoms with van der Waals surface area (Å²) in [6, 6.07) is 11.3. The van der Waals surface area contributed by atoms with Gasteiger partial charge in [-0.1, -0.05) is 0 Å². The number of aliphatic hydroxyl groups is 1. The Labute approximate surface area is 280 Å². The first-order valence-electron chi connectivity index (χ1n) is 18.8.